The highest BCUT2D eigenvalue weighted by atomic mass is 16.5. The van der Waals surface area contributed by atoms with E-state index in [1.165, 1.54) is 5.56 Å². The summed E-state index contributed by atoms with van der Waals surface area (Å²) >= 11 is 0. The molecule has 0 unspecified atom stereocenters. The van der Waals surface area contributed by atoms with Crippen LogP contribution < -0.4 is 4.90 Å². The van der Waals surface area contributed by atoms with Crippen LogP contribution in [0, 0.1) is 0 Å². The zero-order chi connectivity index (χ0) is 16.8. The number of pyridine rings is 2. The Morgan fingerprint density at radius 3 is 2.58 bits per heavy atom. The zero-order valence-electron chi connectivity index (χ0n) is 14.6. The van der Waals surface area contributed by atoms with Gasteiger partial charge in [0, 0.05) is 46.1 Å². The van der Waals surface area contributed by atoms with Gasteiger partial charge < -0.3 is 9.64 Å². The predicted molar refractivity (Wildman–Crippen MR) is 95.9 cm³/mol. The first kappa shape index (κ1) is 16.9. The van der Waals surface area contributed by atoms with Crippen LogP contribution in [-0.2, 0) is 17.9 Å². The summed E-state index contributed by atoms with van der Waals surface area (Å²) < 4.78 is 6.00. The summed E-state index contributed by atoms with van der Waals surface area (Å²) in [6.45, 7) is 3.72. The van der Waals surface area contributed by atoms with E-state index in [1.54, 1.807) is 0 Å². The van der Waals surface area contributed by atoms with E-state index in [0.29, 0.717) is 12.7 Å². The number of likely N-dealkylation sites (tertiary alicyclic amines) is 1. The van der Waals surface area contributed by atoms with Gasteiger partial charge in [0.25, 0.3) is 0 Å². The fraction of sp³-hybridized carbons (Fsp3) is 0.474. The molecule has 0 bridgehead atoms. The van der Waals surface area contributed by atoms with Crippen molar-refractivity contribution in [3.8, 4) is 0 Å². The van der Waals surface area contributed by atoms with E-state index in [4.69, 9.17) is 4.74 Å². The first-order valence-electron chi connectivity index (χ1n) is 8.57. The molecular weight excluding hydrogens is 300 g/mol. The summed E-state index contributed by atoms with van der Waals surface area (Å²) in [5, 5.41) is 0. The molecule has 3 heterocycles. The van der Waals surface area contributed by atoms with Crippen molar-refractivity contribution in [2.75, 3.05) is 32.1 Å². The van der Waals surface area contributed by atoms with Crippen LogP contribution in [0.25, 0.3) is 0 Å². The lowest BCUT2D eigenvalue weighted by Gasteiger charge is -2.31. The molecule has 24 heavy (non-hydrogen) atoms. The Labute approximate surface area is 144 Å². The van der Waals surface area contributed by atoms with Gasteiger partial charge in [-0.25, -0.2) is 4.98 Å². The highest BCUT2D eigenvalue weighted by Gasteiger charge is 2.20. The van der Waals surface area contributed by atoms with Gasteiger partial charge in [-0.15, -0.1) is 0 Å². The summed E-state index contributed by atoms with van der Waals surface area (Å²) in [7, 11) is 4.02. The minimum absolute atomic E-state index is 0.345. The molecule has 0 N–H and O–H groups in total. The number of rotatable bonds is 6. The molecule has 1 fully saturated rings. The molecular formula is C19H26N4O. The minimum atomic E-state index is 0.345. The van der Waals surface area contributed by atoms with Gasteiger partial charge in [0.15, 0.2) is 0 Å². The first-order valence-corrected chi connectivity index (χ1v) is 8.57. The molecule has 5 heteroatoms. The molecule has 0 aliphatic carbocycles. The monoisotopic (exact) mass is 326 g/mol. The summed E-state index contributed by atoms with van der Waals surface area (Å²) in [6, 6.07) is 10.2. The molecule has 1 saturated heterocycles. The largest absolute Gasteiger partial charge is 0.372 e. The van der Waals surface area contributed by atoms with Gasteiger partial charge in [0.05, 0.1) is 18.4 Å². The van der Waals surface area contributed by atoms with Crippen LogP contribution in [0.5, 0.6) is 0 Å². The molecule has 2 aromatic heterocycles. The molecule has 1 aliphatic rings. The van der Waals surface area contributed by atoms with E-state index in [1.807, 2.05) is 49.6 Å². The number of nitrogens with zero attached hydrogens (tertiary/aromatic N) is 4. The van der Waals surface area contributed by atoms with Gasteiger partial charge in [-0.05, 0) is 36.6 Å². The van der Waals surface area contributed by atoms with Gasteiger partial charge in [-0.1, -0.05) is 12.1 Å². The Morgan fingerprint density at radius 2 is 1.96 bits per heavy atom. The molecule has 0 spiro atoms. The predicted octanol–water partition coefficient (Wildman–Crippen LogP) is 2.72. The zero-order valence-corrected chi connectivity index (χ0v) is 14.6. The van der Waals surface area contributed by atoms with Crippen LogP contribution >= 0.6 is 0 Å². The van der Waals surface area contributed by atoms with Crippen molar-refractivity contribution in [1.82, 2.24) is 14.9 Å². The van der Waals surface area contributed by atoms with E-state index in [0.717, 1.165) is 44.0 Å². The van der Waals surface area contributed by atoms with Crippen molar-refractivity contribution in [3.63, 3.8) is 0 Å². The molecule has 0 saturated carbocycles. The average Bonchev–Trinajstić information content (AvgIpc) is 2.62. The number of anilines is 1. The van der Waals surface area contributed by atoms with E-state index >= 15 is 0 Å². The van der Waals surface area contributed by atoms with Gasteiger partial charge in [-0.2, -0.15) is 0 Å². The van der Waals surface area contributed by atoms with Crippen LogP contribution in [0.3, 0.4) is 0 Å². The van der Waals surface area contributed by atoms with Crippen molar-refractivity contribution < 1.29 is 4.74 Å². The molecule has 1 aliphatic heterocycles. The molecule has 0 radical (unpaired) electrons. The third-order valence-electron chi connectivity index (χ3n) is 4.40. The molecule has 5 nitrogen and oxygen atoms in total. The molecule has 0 atom stereocenters. The maximum atomic E-state index is 6.00. The van der Waals surface area contributed by atoms with Gasteiger partial charge >= 0.3 is 0 Å². The third-order valence-corrected chi connectivity index (χ3v) is 4.40. The fourth-order valence-corrected chi connectivity index (χ4v) is 2.95. The second kappa shape index (κ2) is 8.22. The summed E-state index contributed by atoms with van der Waals surface area (Å²) in [4.78, 5) is 13.3. The SMILES string of the molecule is CN(C)c1ccc(CN2CCC(OCc3ccccn3)CC2)cn1. The van der Waals surface area contributed by atoms with Crippen LogP contribution in [0.4, 0.5) is 5.82 Å². The smallest absolute Gasteiger partial charge is 0.127 e. The van der Waals surface area contributed by atoms with Crippen molar-refractivity contribution in [2.24, 2.45) is 0 Å². The van der Waals surface area contributed by atoms with Crippen molar-refractivity contribution in [2.45, 2.75) is 32.1 Å². The molecule has 2 aromatic rings. The standard InChI is InChI=1S/C19H26N4O/c1-22(2)19-7-6-16(13-21-19)14-23-11-8-18(9-12-23)24-15-17-5-3-4-10-20-17/h3-7,10,13,18H,8-9,11-12,14-15H2,1-2H3. The first-order chi connectivity index (χ1) is 11.7. The Morgan fingerprint density at radius 1 is 1.12 bits per heavy atom. The summed E-state index contributed by atoms with van der Waals surface area (Å²) in [6.07, 6.45) is 6.31. The number of piperidine rings is 1. The van der Waals surface area contributed by atoms with Crippen LogP contribution in [0.2, 0.25) is 0 Å². The van der Waals surface area contributed by atoms with Crippen LogP contribution in [0.1, 0.15) is 24.1 Å². The Hall–Kier alpha value is -1.98. The quantitative estimate of drug-likeness (QED) is 0.816. The lowest BCUT2D eigenvalue weighted by Crippen LogP contribution is -2.36. The lowest BCUT2D eigenvalue weighted by molar-refractivity contribution is -0.00524. The normalized spacial score (nSPS) is 16.2. The van der Waals surface area contributed by atoms with Crippen molar-refractivity contribution in [3.05, 3.63) is 54.0 Å². The van der Waals surface area contributed by atoms with Gasteiger partial charge in [0.2, 0.25) is 0 Å². The minimum Gasteiger partial charge on any atom is -0.372 e. The number of aromatic nitrogens is 2. The maximum Gasteiger partial charge on any atom is 0.127 e. The van der Waals surface area contributed by atoms with E-state index in [-0.39, 0.29) is 0 Å². The lowest BCUT2D eigenvalue weighted by atomic mass is 10.1. The van der Waals surface area contributed by atoms with Crippen molar-refractivity contribution >= 4 is 5.82 Å². The number of hydrogen-bond donors (Lipinski definition) is 0. The van der Waals surface area contributed by atoms with E-state index < -0.39 is 0 Å². The summed E-state index contributed by atoms with van der Waals surface area (Å²) in [5.74, 6) is 1.00. The Balaban J connectivity index is 1.41. The van der Waals surface area contributed by atoms with Crippen LogP contribution in [-0.4, -0.2) is 48.2 Å². The number of ether oxygens (including phenoxy) is 1. The van der Waals surface area contributed by atoms with Gasteiger partial charge in [-0.3, -0.25) is 9.88 Å². The molecule has 0 aromatic carbocycles. The van der Waals surface area contributed by atoms with Gasteiger partial charge in [0.1, 0.15) is 5.82 Å². The average molecular weight is 326 g/mol. The van der Waals surface area contributed by atoms with E-state index in [9.17, 15) is 0 Å². The third kappa shape index (κ3) is 4.76. The highest BCUT2D eigenvalue weighted by Crippen LogP contribution is 2.18. The Kier molecular flexibility index (Phi) is 5.77. The van der Waals surface area contributed by atoms with Crippen LogP contribution in [0.15, 0.2) is 42.7 Å². The topological polar surface area (TPSA) is 41.5 Å². The fourth-order valence-electron chi connectivity index (χ4n) is 2.95. The van der Waals surface area contributed by atoms with Crippen molar-refractivity contribution in [1.29, 1.82) is 0 Å². The second-order valence-corrected chi connectivity index (χ2v) is 6.53. The Bertz CT molecular complexity index is 607. The molecule has 128 valence electrons. The maximum absolute atomic E-state index is 6.00. The molecule has 0 amide bonds. The number of hydrogen-bond acceptors (Lipinski definition) is 5. The summed E-state index contributed by atoms with van der Waals surface area (Å²) in [5.41, 5.74) is 2.28. The van der Waals surface area contributed by atoms with E-state index in [2.05, 4.69) is 27.0 Å². The highest BCUT2D eigenvalue weighted by molar-refractivity contribution is 5.37. The second-order valence-electron chi connectivity index (χ2n) is 6.53. The molecule has 3 rings (SSSR count).